The quantitative estimate of drug-likeness (QED) is 0.692. The van der Waals surface area contributed by atoms with Crippen molar-refractivity contribution in [2.45, 2.75) is 23.2 Å². The number of alkyl halides is 6. The van der Waals surface area contributed by atoms with Crippen molar-refractivity contribution >= 4 is 0 Å². The second kappa shape index (κ2) is 4.27. The summed E-state index contributed by atoms with van der Waals surface area (Å²) >= 11 is 0. The highest BCUT2D eigenvalue weighted by Gasteiger charge is 2.98. The van der Waals surface area contributed by atoms with Crippen LogP contribution in [0.25, 0.3) is 0 Å². The molecule has 0 nitrogen and oxygen atoms in total. The zero-order valence-electron chi connectivity index (χ0n) is 11.0. The van der Waals surface area contributed by atoms with Crippen LogP contribution >= 0.6 is 0 Å². The van der Waals surface area contributed by atoms with E-state index in [1.807, 2.05) is 0 Å². The summed E-state index contributed by atoms with van der Waals surface area (Å²) in [5.74, 6) is -15.2. The minimum atomic E-state index is -5.41. The monoisotopic (exact) mass is 316 g/mol. The molecule has 6 heteroatoms. The molecule has 1 saturated carbocycles. The minimum Gasteiger partial charge on any atom is -0.198 e. The van der Waals surface area contributed by atoms with E-state index in [0.717, 1.165) is 24.3 Å². The van der Waals surface area contributed by atoms with Gasteiger partial charge in [0.15, 0.2) is 5.41 Å². The van der Waals surface area contributed by atoms with Crippen LogP contribution in [0.15, 0.2) is 60.7 Å². The van der Waals surface area contributed by atoms with Crippen molar-refractivity contribution in [2.24, 2.45) is 0 Å². The number of halogens is 6. The number of benzene rings is 2. The molecule has 1 aliphatic rings. The maximum Gasteiger partial charge on any atom is 0.374 e. The van der Waals surface area contributed by atoms with Gasteiger partial charge in [-0.15, -0.1) is 0 Å². The Bertz CT molecular complexity index is 619. The van der Waals surface area contributed by atoms with Crippen molar-refractivity contribution in [1.82, 2.24) is 0 Å². The van der Waals surface area contributed by atoms with E-state index in [9.17, 15) is 26.3 Å². The van der Waals surface area contributed by atoms with Gasteiger partial charge < -0.3 is 0 Å². The van der Waals surface area contributed by atoms with Gasteiger partial charge in [-0.05, 0) is 11.1 Å². The molecule has 0 saturated heterocycles. The summed E-state index contributed by atoms with van der Waals surface area (Å²) in [6.07, 6.45) is 0. The summed E-state index contributed by atoms with van der Waals surface area (Å²) in [7, 11) is 0. The molecular weight excluding hydrogens is 306 g/mol. The maximum absolute atomic E-state index is 14.3. The Labute approximate surface area is 122 Å². The molecule has 0 heterocycles. The van der Waals surface area contributed by atoms with Crippen LogP contribution in [0.3, 0.4) is 0 Å². The Morgan fingerprint density at radius 1 is 0.455 bits per heavy atom. The van der Waals surface area contributed by atoms with Crippen LogP contribution in [-0.2, 0) is 5.41 Å². The van der Waals surface area contributed by atoms with Crippen LogP contribution in [-0.4, -0.2) is 17.8 Å². The third-order valence-corrected chi connectivity index (χ3v) is 4.14. The second-order valence-corrected chi connectivity index (χ2v) is 5.21. The van der Waals surface area contributed by atoms with Gasteiger partial charge in [-0.25, -0.2) is 0 Å². The van der Waals surface area contributed by atoms with Gasteiger partial charge in [0, 0.05) is 0 Å². The predicted molar refractivity (Wildman–Crippen MR) is 68.5 cm³/mol. The first-order valence-electron chi connectivity index (χ1n) is 6.46. The fourth-order valence-corrected chi connectivity index (χ4v) is 3.07. The number of rotatable bonds is 2. The Kier molecular flexibility index (Phi) is 2.90. The average Bonchev–Trinajstić information content (AvgIpc) is 2.49. The fraction of sp³-hybridized carbons (Fsp3) is 0.250. The first-order valence-corrected chi connectivity index (χ1v) is 6.46. The van der Waals surface area contributed by atoms with E-state index < -0.39 is 34.3 Å². The Morgan fingerprint density at radius 2 is 0.773 bits per heavy atom. The molecule has 0 unspecified atom stereocenters. The molecule has 1 fully saturated rings. The zero-order valence-corrected chi connectivity index (χ0v) is 11.0. The molecule has 0 amide bonds. The number of hydrogen-bond donors (Lipinski definition) is 0. The molecule has 0 aliphatic heterocycles. The molecule has 0 aromatic heterocycles. The summed E-state index contributed by atoms with van der Waals surface area (Å²) in [4.78, 5) is 0. The van der Waals surface area contributed by atoms with E-state index >= 15 is 0 Å². The highest BCUT2D eigenvalue weighted by molar-refractivity contribution is 5.53. The Hall–Kier alpha value is -1.98. The molecule has 0 N–H and O–H groups in total. The standard InChI is InChI=1S/C16H10F6/c17-14(18)13(11-7-3-1-4-8-11,12-9-5-2-6-10-12)15(19,20)16(14,21)22/h1-10H. The largest absolute Gasteiger partial charge is 0.374 e. The van der Waals surface area contributed by atoms with Crippen LogP contribution in [0.1, 0.15) is 11.1 Å². The van der Waals surface area contributed by atoms with E-state index in [1.165, 1.54) is 36.4 Å². The SMILES string of the molecule is FC1(F)C(F)(F)C(c2ccccc2)(c2ccccc2)C1(F)F. The third kappa shape index (κ3) is 1.36. The van der Waals surface area contributed by atoms with E-state index in [1.54, 1.807) is 0 Å². The topological polar surface area (TPSA) is 0 Å². The highest BCUT2D eigenvalue weighted by atomic mass is 19.4. The third-order valence-electron chi connectivity index (χ3n) is 4.14. The summed E-state index contributed by atoms with van der Waals surface area (Å²) in [6.45, 7) is 0. The molecule has 2 aromatic carbocycles. The summed E-state index contributed by atoms with van der Waals surface area (Å²) in [6, 6.07) is 12.0. The van der Waals surface area contributed by atoms with Gasteiger partial charge in [0.1, 0.15) is 0 Å². The summed E-state index contributed by atoms with van der Waals surface area (Å²) < 4.78 is 84.0. The van der Waals surface area contributed by atoms with Crippen LogP contribution in [0.2, 0.25) is 0 Å². The van der Waals surface area contributed by atoms with Gasteiger partial charge >= 0.3 is 17.8 Å². The van der Waals surface area contributed by atoms with Crippen molar-refractivity contribution in [3.05, 3.63) is 71.8 Å². The lowest BCUT2D eigenvalue weighted by Gasteiger charge is -2.59. The molecule has 0 spiro atoms. The van der Waals surface area contributed by atoms with Crippen LogP contribution < -0.4 is 0 Å². The maximum atomic E-state index is 14.3. The van der Waals surface area contributed by atoms with Gasteiger partial charge in [-0.1, -0.05) is 60.7 Å². The van der Waals surface area contributed by atoms with Crippen molar-refractivity contribution in [1.29, 1.82) is 0 Å². The Balaban J connectivity index is 2.37. The van der Waals surface area contributed by atoms with Gasteiger partial charge in [0.05, 0.1) is 0 Å². The van der Waals surface area contributed by atoms with Gasteiger partial charge in [0.25, 0.3) is 0 Å². The zero-order chi connectivity index (χ0) is 16.2. The molecule has 3 rings (SSSR count). The second-order valence-electron chi connectivity index (χ2n) is 5.21. The van der Waals surface area contributed by atoms with E-state index in [0.29, 0.717) is 0 Å². The van der Waals surface area contributed by atoms with E-state index in [-0.39, 0.29) is 0 Å². The normalized spacial score (nSPS) is 23.5. The van der Waals surface area contributed by atoms with Crippen LogP contribution in [0, 0.1) is 0 Å². The van der Waals surface area contributed by atoms with Crippen LogP contribution in [0.4, 0.5) is 26.3 Å². The molecule has 1 aliphatic carbocycles. The van der Waals surface area contributed by atoms with Gasteiger partial charge in [-0.3, -0.25) is 0 Å². The highest BCUT2D eigenvalue weighted by Crippen LogP contribution is 2.74. The van der Waals surface area contributed by atoms with Crippen LogP contribution in [0.5, 0.6) is 0 Å². The fourth-order valence-electron chi connectivity index (χ4n) is 3.07. The lowest BCUT2D eigenvalue weighted by Crippen LogP contribution is -2.84. The molecule has 0 radical (unpaired) electrons. The first-order chi connectivity index (χ1) is 10.2. The minimum absolute atomic E-state index is 0.540. The molecule has 22 heavy (non-hydrogen) atoms. The number of hydrogen-bond acceptors (Lipinski definition) is 0. The van der Waals surface area contributed by atoms with Crippen molar-refractivity contribution in [2.75, 3.05) is 0 Å². The van der Waals surface area contributed by atoms with Gasteiger partial charge in [0.2, 0.25) is 0 Å². The van der Waals surface area contributed by atoms with E-state index in [2.05, 4.69) is 0 Å². The van der Waals surface area contributed by atoms with Crippen molar-refractivity contribution in [3.8, 4) is 0 Å². The summed E-state index contributed by atoms with van der Waals surface area (Å²) in [5, 5.41) is 0. The van der Waals surface area contributed by atoms with Gasteiger partial charge in [-0.2, -0.15) is 26.3 Å². The molecule has 2 aromatic rings. The molecule has 0 atom stereocenters. The first kappa shape index (κ1) is 14.9. The molecule has 0 bridgehead atoms. The van der Waals surface area contributed by atoms with Crippen molar-refractivity contribution in [3.63, 3.8) is 0 Å². The lowest BCUT2D eigenvalue weighted by atomic mass is 9.52. The predicted octanol–water partition coefficient (Wildman–Crippen LogP) is 4.89. The Morgan fingerprint density at radius 3 is 1.09 bits per heavy atom. The summed E-state index contributed by atoms with van der Waals surface area (Å²) in [5.41, 5.74) is -4.46. The van der Waals surface area contributed by atoms with Crippen molar-refractivity contribution < 1.29 is 26.3 Å². The smallest absolute Gasteiger partial charge is 0.198 e. The molecule has 116 valence electrons. The van der Waals surface area contributed by atoms with E-state index in [4.69, 9.17) is 0 Å². The average molecular weight is 316 g/mol. The molecular formula is C16H10F6. The lowest BCUT2D eigenvalue weighted by molar-refractivity contribution is -0.438.